The van der Waals surface area contributed by atoms with Crippen LogP contribution in [-0.4, -0.2) is 17.6 Å². The van der Waals surface area contributed by atoms with Crippen molar-refractivity contribution in [3.63, 3.8) is 0 Å². The SMILES string of the molecule is CCOc1cncc(-c2cc(F)ccc2CNC(C)C)c1. The Labute approximate surface area is 125 Å². The van der Waals surface area contributed by atoms with Gasteiger partial charge in [0.2, 0.25) is 0 Å². The lowest BCUT2D eigenvalue weighted by Gasteiger charge is -2.13. The van der Waals surface area contributed by atoms with E-state index in [2.05, 4.69) is 24.1 Å². The second kappa shape index (κ2) is 7.18. The molecule has 2 rings (SSSR count). The Hall–Kier alpha value is -1.94. The Morgan fingerprint density at radius 3 is 2.76 bits per heavy atom. The van der Waals surface area contributed by atoms with Crippen LogP contribution in [0.1, 0.15) is 26.3 Å². The number of rotatable bonds is 6. The molecule has 3 nitrogen and oxygen atoms in total. The van der Waals surface area contributed by atoms with Crippen LogP contribution >= 0.6 is 0 Å². The third kappa shape index (κ3) is 4.26. The molecule has 112 valence electrons. The highest BCUT2D eigenvalue weighted by Gasteiger charge is 2.09. The van der Waals surface area contributed by atoms with Gasteiger partial charge in [-0.15, -0.1) is 0 Å². The molecule has 0 aliphatic heterocycles. The smallest absolute Gasteiger partial charge is 0.138 e. The molecule has 0 saturated heterocycles. The zero-order valence-corrected chi connectivity index (χ0v) is 12.7. The van der Waals surface area contributed by atoms with E-state index in [-0.39, 0.29) is 5.82 Å². The van der Waals surface area contributed by atoms with E-state index >= 15 is 0 Å². The van der Waals surface area contributed by atoms with Gasteiger partial charge in [-0.1, -0.05) is 19.9 Å². The van der Waals surface area contributed by atoms with Gasteiger partial charge in [-0.3, -0.25) is 4.98 Å². The number of aromatic nitrogens is 1. The van der Waals surface area contributed by atoms with E-state index in [0.29, 0.717) is 24.9 Å². The minimum atomic E-state index is -0.250. The van der Waals surface area contributed by atoms with Crippen LogP contribution in [0.2, 0.25) is 0 Å². The molecule has 4 heteroatoms. The molecule has 0 unspecified atom stereocenters. The summed E-state index contributed by atoms with van der Waals surface area (Å²) in [5.41, 5.74) is 2.75. The maximum Gasteiger partial charge on any atom is 0.138 e. The highest BCUT2D eigenvalue weighted by atomic mass is 19.1. The molecule has 1 N–H and O–H groups in total. The quantitative estimate of drug-likeness (QED) is 0.878. The van der Waals surface area contributed by atoms with E-state index in [1.54, 1.807) is 18.5 Å². The van der Waals surface area contributed by atoms with Crippen molar-refractivity contribution >= 4 is 0 Å². The van der Waals surface area contributed by atoms with Crippen LogP contribution in [0.25, 0.3) is 11.1 Å². The van der Waals surface area contributed by atoms with Crippen LogP contribution in [0.15, 0.2) is 36.7 Å². The highest BCUT2D eigenvalue weighted by Crippen LogP contribution is 2.27. The second-order valence-corrected chi connectivity index (χ2v) is 5.18. The van der Waals surface area contributed by atoms with Gasteiger partial charge in [0.25, 0.3) is 0 Å². The fraction of sp³-hybridized carbons (Fsp3) is 0.353. The summed E-state index contributed by atoms with van der Waals surface area (Å²) >= 11 is 0. The van der Waals surface area contributed by atoms with E-state index in [1.807, 2.05) is 19.1 Å². The number of nitrogens with zero attached hydrogens (tertiary/aromatic N) is 1. The van der Waals surface area contributed by atoms with E-state index in [9.17, 15) is 4.39 Å². The summed E-state index contributed by atoms with van der Waals surface area (Å²) in [5, 5.41) is 3.36. The summed E-state index contributed by atoms with van der Waals surface area (Å²) in [7, 11) is 0. The Morgan fingerprint density at radius 2 is 2.05 bits per heavy atom. The van der Waals surface area contributed by atoms with Crippen molar-refractivity contribution in [1.82, 2.24) is 10.3 Å². The lowest BCUT2D eigenvalue weighted by molar-refractivity contribution is 0.339. The molecule has 1 heterocycles. The normalized spacial score (nSPS) is 10.9. The third-order valence-corrected chi connectivity index (χ3v) is 3.11. The van der Waals surface area contributed by atoms with Crippen LogP contribution in [0.4, 0.5) is 4.39 Å². The Morgan fingerprint density at radius 1 is 1.24 bits per heavy atom. The molecule has 0 radical (unpaired) electrons. The average Bonchev–Trinajstić information content (AvgIpc) is 2.46. The number of benzene rings is 1. The Balaban J connectivity index is 2.36. The van der Waals surface area contributed by atoms with Gasteiger partial charge in [-0.25, -0.2) is 4.39 Å². The van der Waals surface area contributed by atoms with Gasteiger partial charge >= 0.3 is 0 Å². The van der Waals surface area contributed by atoms with Gasteiger partial charge in [-0.05, 0) is 36.2 Å². The number of hydrogen-bond donors (Lipinski definition) is 1. The van der Waals surface area contributed by atoms with Gasteiger partial charge in [0.05, 0.1) is 12.8 Å². The zero-order valence-electron chi connectivity index (χ0n) is 12.7. The lowest BCUT2D eigenvalue weighted by atomic mass is 10.0. The minimum absolute atomic E-state index is 0.250. The van der Waals surface area contributed by atoms with Crippen molar-refractivity contribution in [3.8, 4) is 16.9 Å². The van der Waals surface area contributed by atoms with Gasteiger partial charge < -0.3 is 10.1 Å². The van der Waals surface area contributed by atoms with Gasteiger partial charge in [-0.2, -0.15) is 0 Å². The number of ether oxygens (including phenoxy) is 1. The van der Waals surface area contributed by atoms with Crippen molar-refractivity contribution in [2.24, 2.45) is 0 Å². The molecule has 0 saturated carbocycles. The molecule has 0 aliphatic carbocycles. The predicted molar refractivity (Wildman–Crippen MR) is 82.8 cm³/mol. The van der Waals surface area contributed by atoms with Crippen LogP contribution in [0, 0.1) is 5.82 Å². The summed E-state index contributed by atoms with van der Waals surface area (Å²) in [6.07, 6.45) is 3.40. The molecular formula is C17H21FN2O. The summed E-state index contributed by atoms with van der Waals surface area (Å²) in [5.74, 6) is 0.446. The van der Waals surface area contributed by atoms with Crippen molar-refractivity contribution in [3.05, 3.63) is 48.0 Å². The van der Waals surface area contributed by atoms with Crippen molar-refractivity contribution < 1.29 is 9.13 Å². The van der Waals surface area contributed by atoms with Crippen molar-refractivity contribution in [1.29, 1.82) is 0 Å². The summed E-state index contributed by atoms with van der Waals surface area (Å²) in [6, 6.07) is 7.11. The monoisotopic (exact) mass is 288 g/mol. The number of hydrogen-bond acceptors (Lipinski definition) is 3. The number of pyridine rings is 1. The van der Waals surface area contributed by atoms with Crippen LogP contribution < -0.4 is 10.1 Å². The first-order valence-corrected chi connectivity index (χ1v) is 7.20. The summed E-state index contributed by atoms with van der Waals surface area (Å²) < 4.78 is 19.1. The molecule has 0 aliphatic rings. The first-order valence-electron chi connectivity index (χ1n) is 7.20. The first kappa shape index (κ1) is 15.4. The molecule has 1 aromatic carbocycles. The highest BCUT2D eigenvalue weighted by molar-refractivity contribution is 5.67. The van der Waals surface area contributed by atoms with E-state index < -0.39 is 0 Å². The number of halogens is 1. The van der Waals surface area contributed by atoms with E-state index in [0.717, 1.165) is 16.7 Å². The van der Waals surface area contributed by atoms with Gasteiger partial charge in [0.1, 0.15) is 11.6 Å². The second-order valence-electron chi connectivity index (χ2n) is 5.18. The van der Waals surface area contributed by atoms with Gasteiger partial charge in [0.15, 0.2) is 0 Å². The molecule has 0 fully saturated rings. The standard InChI is InChI=1S/C17H21FN2O/c1-4-21-16-7-14(9-19-11-16)17-8-15(18)6-5-13(17)10-20-12(2)3/h5-9,11-12,20H,4,10H2,1-3H3. The zero-order chi connectivity index (χ0) is 15.2. The fourth-order valence-corrected chi connectivity index (χ4v) is 2.10. The van der Waals surface area contributed by atoms with Gasteiger partial charge in [0, 0.05) is 24.3 Å². The summed E-state index contributed by atoms with van der Waals surface area (Å²) in [4.78, 5) is 4.18. The number of nitrogens with one attached hydrogen (secondary N) is 1. The molecule has 0 spiro atoms. The molecule has 1 aromatic heterocycles. The Bertz CT molecular complexity index is 599. The first-order chi connectivity index (χ1) is 10.1. The van der Waals surface area contributed by atoms with E-state index in [4.69, 9.17) is 4.74 Å². The van der Waals surface area contributed by atoms with Crippen molar-refractivity contribution in [2.45, 2.75) is 33.4 Å². The molecule has 2 aromatic rings. The van der Waals surface area contributed by atoms with Crippen LogP contribution in [0.3, 0.4) is 0 Å². The molecule has 21 heavy (non-hydrogen) atoms. The predicted octanol–water partition coefficient (Wildman–Crippen LogP) is 3.78. The summed E-state index contributed by atoms with van der Waals surface area (Å²) in [6.45, 7) is 7.36. The molecular weight excluding hydrogens is 267 g/mol. The third-order valence-electron chi connectivity index (χ3n) is 3.11. The Kier molecular flexibility index (Phi) is 5.28. The molecule has 0 atom stereocenters. The largest absolute Gasteiger partial charge is 0.492 e. The molecule has 0 bridgehead atoms. The topological polar surface area (TPSA) is 34.1 Å². The minimum Gasteiger partial charge on any atom is -0.492 e. The lowest BCUT2D eigenvalue weighted by Crippen LogP contribution is -2.22. The molecule has 0 amide bonds. The van der Waals surface area contributed by atoms with Crippen LogP contribution in [-0.2, 0) is 6.54 Å². The van der Waals surface area contributed by atoms with Crippen molar-refractivity contribution in [2.75, 3.05) is 6.61 Å². The van der Waals surface area contributed by atoms with Crippen LogP contribution in [0.5, 0.6) is 5.75 Å². The maximum absolute atomic E-state index is 13.6. The maximum atomic E-state index is 13.6. The van der Waals surface area contributed by atoms with E-state index in [1.165, 1.54) is 6.07 Å². The average molecular weight is 288 g/mol. The fourth-order valence-electron chi connectivity index (χ4n) is 2.10.